The molecule has 0 saturated heterocycles. The minimum Gasteiger partial charge on any atom is -0.495 e. The Kier molecular flexibility index (Phi) is 7.06. The van der Waals surface area contributed by atoms with Crippen molar-refractivity contribution in [1.82, 2.24) is 4.98 Å². The summed E-state index contributed by atoms with van der Waals surface area (Å²) in [6.45, 7) is 0. The number of hydrogen-bond donors (Lipinski definition) is 2. The topological polar surface area (TPSA) is 80.3 Å². The Hall–Kier alpha value is -3.35. The van der Waals surface area contributed by atoms with Crippen LogP contribution < -0.4 is 15.4 Å². The van der Waals surface area contributed by atoms with Gasteiger partial charge in [0.05, 0.1) is 12.1 Å². The molecule has 2 aromatic carbocycles. The first kappa shape index (κ1) is 21.4. The molecule has 0 aliphatic carbocycles. The lowest BCUT2D eigenvalue weighted by Crippen LogP contribution is -2.25. The molecule has 0 bridgehead atoms. The van der Waals surface area contributed by atoms with E-state index in [-0.39, 0.29) is 10.7 Å². The summed E-state index contributed by atoms with van der Waals surface area (Å²) in [7, 11) is 1.49. The summed E-state index contributed by atoms with van der Waals surface area (Å²) in [4.78, 5) is 29.8. The molecule has 1 aromatic heterocycles. The molecule has 0 fully saturated rings. The summed E-state index contributed by atoms with van der Waals surface area (Å²) in [6, 6.07) is 16.9. The van der Waals surface area contributed by atoms with E-state index < -0.39 is 11.8 Å². The fourth-order valence-electron chi connectivity index (χ4n) is 2.56. The second kappa shape index (κ2) is 9.91. The quantitative estimate of drug-likeness (QED) is 0.242. The van der Waals surface area contributed by atoms with Crippen molar-refractivity contribution in [2.24, 2.45) is 0 Å². The Morgan fingerprint density at radius 2 is 1.63 bits per heavy atom. The zero-order chi connectivity index (χ0) is 21.5. The number of ether oxygens (including phenoxy) is 1. The number of methoxy groups -OCH3 is 1. The van der Waals surface area contributed by atoms with Gasteiger partial charge >= 0.3 is 0 Å². The molecule has 0 unspecified atom stereocenters. The van der Waals surface area contributed by atoms with Crippen molar-refractivity contribution in [3.05, 3.63) is 88.2 Å². The van der Waals surface area contributed by atoms with E-state index in [2.05, 4.69) is 15.6 Å². The van der Waals surface area contributed by atoms with Gasteiger partial charge in [0.1, 0.15) is 16.5 Å². The summed E-state index contributed by atoms with van der Waals surface area (Å²) < 4.78 is 5.11. The Labute approximate surface area is 183 Å². The molecule has 3 aromatic rings. The SMILES string of the molecule is COc1ccc(NC(=O)C(=Cc2cccnc2Cl)C(=O)Nc2ccccc2)cc1Cl. The normalized spacial score (nSPS) is 11.0. The van der Waals surface area contributed by atoms with Gasteiger partial charge in [-0.3, -0.25) is 9.59 Å². The van der Waals surface area contributed by atoms with Gasteiger partial charge in [-0.05, 0) is 42.5 Å². The Morgan fingerprint density at radius 1 is 0.933 bits per heavy atom. The van der Waals surface area contributed by atoms with Gasteiger partial charge in [-0.25, -0.2) is 4.98 Å². The van der Waals surface area contributed by atoms with Gasteiger partial charge in [-0.1, -0.05) is 47.5 Å². The second-order valence-electron chi connectivity index (χ2n) is 6.07. The molecule has 30 heavy (non-hydrogen) atoms. The van der Waals surface area contributed by atoms with E-state index in [0.29, 0.717) is 27.7 Å². The highest BCUT2D eigenvalue weighted by atomic mass is 35.5. The molecule has 2 N–H and O–H groups in total. The number of para-hydroxylation sites is 1. The number of pyridine rings is 1. The highest BCUT2D eigenvalue weighted by Gasteiger charge is 2.20. The molecule has 0 saturated carbocycles. The summed E-state index contributed by atoms with van der Waals surface area (Å²) in [5, 5.41) is 5.86. The van der Waals surface area contributed by atoms with Gasteiger partial charge in [0.15, 0.2) is 0 Å². The third kappa shape index (κ3) is 5.37. The van der Waals surface area contributed by atoms with Crippen LogP contribution in [-0.4, -0.2) is 23.9 Å². The standard InChI is InChI=1S/C22H17Cl2N3O3/c1-30-19-10-9-16(13-18(19)23)27-22(29)17(12-14-6-5-11-25-20(14)24)21(28)26-15-7-3-2-4-8-15/h2-13H,1H3,(H,26,28)(H,27,29). The third-order valence-electron chi connectivity index (χ3n) is 4.02. The van der Waals surface area contributed by atoms with Gasteiger partial charge in [-0.15, -0.1) is 0 Å². The summed E-state index contributed by atoms with van der Waals surface area (Å²) >= 11 is 12.2. The van der Waals surface area contributed by atoms with E-state index >= 15 is 0 Å². The lowest BCUT2D eigenvalue weighted by atomic mass is 10.1. The van der Waals surface area contributed by atoms with E-state index in [9.17, 15) is 9.59 Å². The number of halogens is 2. The van der Waals surface area contributed by atoms with Crippen molar-refractivity contribution in [3.8, 4) is 5.75 Å². The van der Waals surface area contributed by atoms with Crippen molar-refractivity contribution < 1.29 is 14.3 Å². The molecule has 0 aliphatic heterocycles. The summed E-state index contributed by atoms with van der Waals surface area (Å²) in [6.07, 6.45) is 2.90. The zero-order valence-electron chi connectivity index (χ0n) is 15.9. The highest BCUT2D eigenvalue weighted by Crippen LogP contribution is 2.27. The maximum atomic E-state index is 12.9. The van der Waals surface area contributed by atoms with Crippen LogP contribution in [0.3, 0.4) is 0 Å². The first-order valence-electron chi connectivity index (χ1n) is 8.81. The molecular formula is C22H17Cl2N3O3. The number of anilines is 2. The van der Waals surface area contributed by atoms with Crippen molar-refractivity contribution in [2.45, 2.75) is 0 Å². The lowest BCUT2D eigenvalue weighted by Gasteiger charge is -2.12. The molecule has 8 heteroatoms. The minimum atomic E-state index is -0.635. The van der Waals surface area contributed by atoms with Gasteiger partial charge in [0, 0.05) is 23.1 Å². The predicted octanol–water partition coefficient (Wildman–Crippen LogP) is 5.06. The molecular weight excluding hydrogens is 425 g/mol. The van der Waals surface area contributed by atoms with Gasteiger partial charge in [0.25, 0.3) is 11.8 Å². The van der Waals surface area contributed by atoms with Crippen LogP contribution in [0.15, 0.2) is 72.4 Å². The molecule has 152 valence electrons. The Balaban J connectivity index is 1.92. The lowest BCUT2D eigenvalue weighted by molar-refractivity contribution is -0.118. The molecule has 0 atom stereocenters. The van der Waals surface area contributed by atoms with Crippen molar-refractivity contribution >= 4 is 52.5 Å². The molecule has 3 rings (SSSR count). The van der Waals surface area contributed by atoms with E-state index in [1.165, 1.54) is 25.4 Å². The number of hydrogen-bond acceptors (Lipinski definition) is 4. The van der Waals surface area contributed by atoms with Crippen molar-refractivity contribution in [3.63, 3.8) is 0 Å². The van der Waals surface area contributed by atoms with Crippen LogP contribution in [0, 0.1) is 0 Å². The number of carbonyl (C=O) groups excluding carboxylic acids is 2. The summed E-state index contributed by atoms with van der Waals surface area (Å²) in [5.41, 5.74) is 1.23. The average Bonchev–Trinajstić information content (AvgIpc) is 2.74. The first-order chi connectivity index (χ1) is 14.5. The van der Waals surface area contributed by atoms with Gasteiger partial charge in [-0.2, -0.15) is 0 Å². The summed E-state index contributed by atoms with van der Waals surface area (Å²) in [5.74, 6) is -0.766. The number of benzene rings is 2. The fourth-order valence-corrected chi connectivity index (χ4v) is 2.99. The molecule has 0 aliphatic rings. The molecule has 2 amide bonds. The van der Waals surface area contributed by atoms with Crippen molar-refractivity contribution in [2.75, 3.05) is 17.7 Å². The molecule has 0 radical (unpaired) electrons. The fraction of sp³-hybridized carbons (Fsp3) is 0.0455. The van der Waals surface area contributed by atoms with Crippen LogP contribution in [0.25, 0.3) is 6.08 Å². The Bertz CT molecular complexity index is 1100. The number of amides is 2. The minimum absolute atomic E-state index is 0.152. The number of aromatic nitrogens is 1. The van der Waals surface area contributed by atoms with E-state index in [4.69, 9.17) is 27.9 Å². The van der Waals surface area contributed by atoms with E-state index in [1.807, 2.05) is 6.07 Å². The van der Waals surface area contributed by atoms with Crippen LogP contribution in [0.5, 0.6) is 5.75 Å². The highest BCUT2D eigenvalue weighted by molar-refractivity contribution is 6.33. The predicted molar refractivity (Wildman–Crippen MR) is 119 cm³/mol. The molecule has 6 nitrogen and oxygen atoms in total. The number of carbonyl (C=O) groups is 2. The van der Waals surface area contributed by atoms with Gasteiger partial charge in [0.2, 0.25) is 0 Å². The van der Waals surface area contributed by atoms with Crippen LogP contribution in [0.4, 0.5) is 11.4 Å². The monoisotopic (exact) mass is 441 g/mol. The van der Waals surface area contributed by atoms with Gasteiger partial charge < -0.3 is 15.4 Å². The van der Waals surface area contributed by atoms with E-state index in [0.717, 1.165) is 0 Å². The van der Waals surface area contributed by atoms with Crippen LogP contribution >= 0.6 is 23.2 Å². The van der Waals surface area contributed by atoms with E-state index in [1.54, 1.807) is 48.5 Å². The van der Waals surface area contributed by atoms with Crippen LogP contribution in [0.1, 0.15) is 5.56 Å². The van der Waals surface area contributed by atoms with Crippen LogP contribution in [0.2, 0.25) is 10.2 Å². The second-order valence-corrected chi connectivity index (χ2v) is 6.83. The molecule has 1 heterocycles. The maximum absolute atomic E-state index is 12.9. The van der Waals surface area contributed by atoms with Crippen LogP contribution in [-0.2, 0) is 9.59 Å². The smallest absolute Gasteiger partial charge is 0.261 e. The average molecular weight is 442 g/mol. The molecule has 0 spiro atoms. The Morgan fingerprint density at radius 3 is 2.27 bits per heavy atom. The zero-order valence-corrected chi connectivity index (χ0v) is 17.4. The number of nitrogens with one attached hydrogen (secondary N) is 2. The number of rotatable bonds is 6. The maximum Gasteiger partial charge on any atom is 0.261 e. The largest absolute Gasteiger partial charge is 0.495 e. The first-order valence-corrected chi connectivity index (χ1v) is 9.57. The number of nitrogens with zero attached hydrogens (tertiary/aromatic N) is 1. The van der Waals surface area contributed by atoms with Crippen molar-refractivity contribution in [1.29, 1.82) is 0 Å². The third-order valence-corrected chi connectivity index (χ3v) is 4.63.